The number of Topliss-reactive ketones (excluding diaryl/α,β-unsaturated/α-hetero) is 1. The summed E-state index contributed by atoms with van der Waals surface area (Å²) in [5.41, 5.74) is 0.117. The first-order valence-corrected chi connectivity index (χ1v) is 8.55. The van der Waals surface area contributed by atoms with Crippen LogP contribution in [0.1, 0.15) is 10.4 Å². The van der Waals surface area contributed by atoms with Crippen molar-refractivity contribution >= 4 is 50.4 Å². The number of sulfone groups is 1. The number of ketones is 1. The van der Waals surface area contributed by atoms with Gasteiger partial charge in [0.2, 0.25) is 0 Å². The number of benzene rings is 2. The van der Waals surface area contributed by atoms with Crippen molar-refractivity contribution in [2.24, 2.45) is 0 Å². The van der Waals surface area contributed by atoms with Gasteiger partial charge in [0.15, 0.2) is 15.6 Å². The third-order valence-corrected chi connectivity index (χ3v) is 5.11. The van der Waals surface area contributed by atoms with Gasteiger partial charge in [-0.3, -0.25) is 4.79 Å². The second-order valence-corrected chi connectivity index (χ2v) is 7.53. The normalized spacial score (nSPS) is 11.4. The largest absolute Gasteiger partial charge is 0.293 e. The van der Waals surface area contributed by atoms with Gasteiger partial charge in [0.05, 0.1) is 9.92 Å². The summed E-state index contributed by atoms with van der Waals surface area (Å²) < 4.78 is 24.4. The number of carbonyl (C=O) groups is 1. The van der Waals surface area contributed by atoms with Crippen LogP contribution in [0.15, 0.2) is 47.4 Å². The molecule has 2 aromatic carbocycles. The molecule has 0 saturated carbocycles. The molecule has 2 rings (SSSR count). The maximum Gasteiger partial charge on any atom is 0.185 e. The smallest absolute Gasteiger partial charge is 0.185 e. The van der Waals surface area contributed by atoms with Gasteiger partial charge in [-0.15, -0.1) is 0 Å². The average molecular weight is 364 g/mol. The van der Waals surface area contributed by atoms with Crippen LogP contribution < -0.4 is 0 Å². The summed E-state index contributed by atoms with van der Waals surface area (Å²) in [6, 6.07) is 10.0. The molecule has 3 nitrogen and oxygen atoms in total. The summed E-state index contributed by atoms with van der Waals surface area (Å²) in [5, 5.41) is 0.774. The highest BCUT2D eigenvalue weighted by molar-refractivity contribution is 7.92. The number of hydrogen-bond acceptors (Lipinski definition) is 3. The Bertz CT molecular complexity index is 801. The van der Waals surface area contributed by atoms with Gasteiger partial charge < -0.3 is 0 Å². The first kappa shape index (κ1) is 16.3. The second-order valence-electron chi connectivity index (χ2n) is 4.26. The topological polar surface area (TPSA) is 51.2 Å². The molecule has 0 amide bonds. The van der Waals surface area contributed by atoms with Crippen molar-refractivity contribution in [1.82, 2.24) is 0 Å². The fourth-order valence-corrected chi connectivity index (χ4v) is 3.74. The highest BCUT2D eigenvalue weighted by atomic mass is 35.5. The zero-order valence-electron chi connectivity index (χ0n) is 10.5. The fraction of sp³-hybridized carbons (Fsp3) is 0.0714. The lowest BCUT2D eigenvalue weighted by atomic mass is 10.1. The first-order chi connectivity index (χ1) is 9.79. The Balaban J connectivity index is 2.30. The van der Waals surface area contributed by atoms with E-state index in [4.69, 9.17) is 34.8 Å². The molecule has 0 N–H and O–H groups in total. The maximum atomic E-state index is 12.2. The van der Waals surface area contributed by atoms with Gasteiger partial charge in [0.1, 0.15) is 5.75 Å². The van der Waals surface area contributed by atoms with E-state index in [9.17, 15) is 13.2 Å². The molecule has 0 aromatic heterocycles. The lowest BCUT2D eigenvalue weighted by molar-refractivity contribution is 0.102. The Morgan fingerprint density at radius 3 is 2.24 bits per heavy atom. The molecular formula is C14H9Cl3O3S. The molecule has 2 aromatic rings. The van der Waals surface area contributed by atoms with E-state index in [1.807, 2.05) is 0 Å². The van der Waals surface area contributed by atoms with E-state index < -0.39 is 21.4 Å². The molecule has 0 atom stereocenters. The third kappa shape index (κ3) is 3.98. The zero-order valence-corrected chi connectivity index (χ0v) is 13.6. The molecule has 0 heterocycles. The van der Waals surface area contributed by atoms with Gasteiger partial charge in [-0.25, -0.2) is 8.42 Å². The van der Waals surface area contributed by atoms with Gasteiger partial charge in [-0.1, -0.05) is 40.9 Å². The van der Waals surface area contributed by atoms with E-state index in [2.05, 4.69) is 0 Å². The molecule has 0 unspecified atom stereocenters. The maximum absolute atomic E-state index is 12.2. The minimum Gasteiger partial charge on any atom is -0.293 e. The molecule has 7 heteroatoms. The number of rotatable bonds is 4. The van der Waals surface area contributed by atoms with Crippen molar-refractivity contribution in [1.29, 1.82) is 0 Å². The van der Waals surface area contributed by atoms with Crippen LogP contribution in [0.5, 0.6) is 0 Å². The van der Waals surface area contributed by atoms with E-state index in [1.165, 1.54) is 36.4 Å². The van der Waals surface area contributed by atoms with Crippen LogP contribution in [0.3, 0.4) is 0 Å². The summed E-state index contributed by atoms with van der Waals surface area (Å²) in [5.74, 6) is -1.29. The molecule has 21 heavy (non-hydrogen) atoms. The second kappa shape index (κ2) is 6.36. The lowest BCUT2D eigenvalue weighted by Gasteiger charge is -2.06. The van der Waals surface area contributed by atoms with Crippen molar-refractivity contribution < 1.29 is 13.2 Å². The highest BCUT2D eigenvalue weighted by Crippen LogP contribution is 2.23. The number of halogens is 3. The molecule has 110 valence electrons. The zero-order chi connectivity index (χ0) is 15.6. The Morgan fingerprint density at radius 2 is 1.62 bits per heavy atom. The van der Waals surface area contributed by atoms with Crippen molar-refractivity contribution in [2.75, 3.05) is 5.75 Å². The predicted molar refractivity (Wildman–Crippen MR) is 84.3 cm³/mol. The molecular weight excluding hydrogens is 355 g/mol. The minimum atomic E-state index is -3.78. The Kier molecular flexibility index (Phi) is 4.94. The summed E-state index contributed by atoms with van der Waals surface area (Å²) in [6.45, 7) is 0. The van der Waals surface area contributed by atoms with Crippen LogP contribution in [0, 0.1) is 0 Å². The van der Waals surface area contributed by atoms with Crippen LogP contribution >= 0.6 is 34.8 Å². The molecule has 0 bridgehead atoms. The lowest BCUT2D eigenvalue weighted by Crippen LogP contribution is -2.16. The van der Waals surface area contributed by atoms with E-state index in [1.54, 1.807) is 6.07 Å². The van der Waals surface area contributed by atoms with Gasteiger partial charge in [-0.05, 0) is 36.4 Å². The summed E-state index contributed by atoms with van der Waals surface area (Å²) in [6.07, 6.45) is 0. The van der Waals surface area contributed by atoms with Gasteiger partial charge >= 0.3 is 0 Å². The highest BCUT2D eigenvalue weighted by Gasteiger charge is 2.22. The summed E-state index contributed by atoms with van der Waals surface area (Å²) in [7, 11) is -3.78. The summed E-state index contributed by atoms with van der Waals surface area (Å²) in [4.78, 5) is 12.1. The van der Waals surface area contributed by atoms with Crippen molar-refractivity contribution in [3.8, 4) is 0 Å². The van der Waals surface area contributed by atoms with Gasteiger partial charge in [-0.2, -0.15) is 0 Å². The van der Waals surface area contributed by atoms with Gasteiger partial charge in [0.25, 0.3) is 0 Å². The Morgan fingerprint density at radius 1 is 0.952 bits per heavy atom. The molecule has 0 spiro atoms. The molecule has 0 saturated heterocycles. The van der Waals surface area contributed by atoms with E-state index in [-0.39, 0.29) is 20.5 Å². The Labute approximate surface area is 137 Å². The van der Waals surface area contributed by atoms with Crippen LogP contribution in [0.25, 0.3) is 0 Å². The van der Waals surface area contributed by atoms with Crippen LogP contribution in [0.4, 0.5) is 0 Å². The van der Waals surface area contributed by atoms with E-state index >= 15 is 0 Å². The minimum absolute atomic E-state index is 0.00608. The van der Waals surface area contributed by atoms with Crippen molar-refractivity contribution in [2.45, 2.75) is 4.90 Å². The standard InChI is InChI=1S/C14H9Cl3O3S/c15-9-2-1-3-11(6-9)21(19,20)8-14(18)12-5-4-10(16)7-13(12)17/h1-7H,8H2. The Hall–Kier alpha value is -1.07. The third-order valence-electron chi connectivity index (χ3n) is 2.71. The van der Waals surface area contributed by atoms with Crippen molar-refractivity contribution in [3.63, 3.8) is 0 Å². The predicted octanol–water partition coefficient (Wildman–Crippen LogP) is 4.30. The fourth-order valence-electron chi connectivity index (χ4n) is 1.71. The number of carbonyl (C=O) groups excluding carboxylic acids is 1. The molecule has 0 fully saturated rings. The first-order valence-electron chi connectivity index (χ1n) is 5.76. The van der Waals surface area contributed by atoms with Crippen LogP contribution in [0.2, 0.25) is 15.1 Å². The van der Waals surface area contributed by atoms with Gasteiger partial charge in [0, 0.05) is 15.6 Å². The van der Waals surface area contributed by atoms with Crippen molar-refractivity contribution in [3.05, 3.63) is 63.1 Å². The van der Waals surface area contributed by atoms with Crippen LogP contribution in [-0.2, 0) is 9.84 Å². The molecule has 0 aliphatic carbocycles. The molecule has 0 aliphatic heterocycles. The molecule has 0 radical (unpaired) electrons. The average Bonchev–Trinajstić information content (AvgIpc) is 2.37. The van der Waals surface area contributed by atoms with E-state index in [0.29, 0.717) is 5.02 Å². The monoisotopic (exact) mass is 362 g/mol. The van der Waals surface area contributed by atoms with Crippen LogP contribution in [-0.4, -0.2) is 20.0 Å². The molecule has 0 aliphatic rings. The summed E-state index contributed by atoms with van der Waals surface area (Å²) >= 11 is 17.4. The SMILES string of the molecule is O=C(CS(=O)(=O)c1cccc(Cl)c1)c1ccc(Cl)cc1Cl. The quantitative estimate of drug-likeness (QED) is 0.761. The van der Waals surface area contributed by atoms with E-state index in [0.717, 1.165) is 0 Å². The number of hydrogen-bond donors (Lipinski definition) is 0.